The van der Waals surface area contributed by atoms with Gasteiger partial charge in [-0.2, -0.15) is 0 Å². The van der Waals surface area contributed by atoms with Crippen LogP contribution in [0, 0.1) is 0 Å². The second-order valence-corrected chi connectivity index (χ2v) is 6.58. The Morgan fingerprint density at radius 2 is 1.10 bits per heavy atom. The number of fused-ring (bicyclic) bond motifs is 3. The Hall–Kier alpha value is -4.10. The predicted octanol–water partition coefficient (Wildman–Crippen LogP) is 8.12. The zero-order chi connectivity index (χ0) is 35.4. The summed E-state index contributed by atoms with van der Waals surface area (Å²) in [5, 5.41) is -0.294. The van der Waals surface area contributed by atoms with Crippen LogP contribution in [0.2, 0.25) is 0 Å². The molecule has 0 saturated heterocycles. The molecule has 1 heteroatoms. The molecular formula is C30H21N. The molecule has 31 heavy (non-hydrogen) atoms. The van der Waals surface area contributed by atoms with Gasteiger partial charge < -0.3 is 4.57 Å². The zero-order valence-electron chi connectivity index (χ0n) is 32.8. The minimum atomic E-state index is -0.713. The van der Waals surface area contributed by atoms with E-state index in [2.05, 4.69) is 0 Å². The Morgan fingerprint density at radius 1 is 0.516 bits per heavy atom. The predicted molar refractivity (Wildman–Crippen MR) is 132 cm³/mol. The lowest BCUT2D eigenvalue weighted by Crippen LogP contribution is -1.94. The maximum absolute atomic E-state index is 9.06. The van der Waals surface area contributed by atoms with Gasteiger partial charge in [0.15, 0.2) is 0 Å². The lowest BCUT2D eigenvalue weighted by Gasteiger charge is -2.11. The molecule has 0 aliphatic rings. The number of aromatic nitrogens is 1. The first-order valence-electron chi connectivity index (χ1n) is 17.7. The van der Waals surface area contributed by atoms with Gasteiger partial charge in [0.25, 0.3) is 0 Å². The summed E-state index contributed by atoms with van der Waals surface area (Å²) in [7, 11) is 0. The lowest BCUT2D eigenvalue weighted by atomic mass is 9.99. The third-order valence-corrected chi connectivity index (χ3v) is 4.80. The third-order valence-electron chi connectivity index (χ3n) is 4.80. The van der Waals surface area contributed by atoms with Crippen LogP contribution in [0.1, 0.15) is 23.3 Å². The highest BCUT2D eigenvalue weighted by Crippen LogP contribution is 2.33. The van der Waals surface area contributed by atoms with E-state index in [-0.39, 0.29) is 38.6 Å². The standard InChI is InChI=1S/C30H21N/c1-2-10-22(11-3-1)23-12-8-13-24(20-23)25-14-9-15-26(21-25)31-29-18-6-4-16-27(29)28-17-5-7-19-30(28)31/h1-21H/i1D,2D,3D,4D,5D,6D,7D,8D,10D,11D,12D,13D,16D,17D,18D,19D,20D. The smallest absolute Gasteiger partial charge is 0.0645 e. The first-order valence-corrected chi connectivity index (χ1v) is 9.24. The molecule has 0 spiro atoms. The summed E-state index contributed by atoms with van der Waals surface area (Å²) >= 11 is 0. The average Bonchev–Trinajstić information content (AvgIpc) is 3.43. The van der Waals surface area contributed by atoms with Crippen LogP contribution in [0.15, 0.2) is 127 Å². The Labute approximate surface area is 205 Å². The van der Waals surface area contributed by atoms with E-state index >= 15 is 0 Å². The van der Waals surface area contributed by atoms with Gasteiger partial charge in [0, 0.05) is 16.5 Å². The maximum atomic E-state index is 9.06. The molecule has 146 valence electrons. The van der Waals surface area contributed by atoms with Gasteiger partial charge in [-0.15, -0.1) is 0 Å². The molecular weight excluding hydrogens is 374 g/mol. The minimum absolute atomic E-state index is 0.0706. The first kappa shape index (κ1) is 7.55. The molecule has 0 bridgehead atoms. The van der Waals surface area contributed by atoms with Crippen molar-refractivity contribution in [2.45, 2.75) is 0 Å². The molecule has 6 rings (SSSR count). The molecule has 1 heterocycles. The molecule has 5 aromatic carbocycles. The molecule has 0 amide bonds. The van der Waals surface area contributed by atoms with Crippen molar-refractivity contribution in [1.82, 2.24) is 4.57 Å². The Morgan fingerprint density at radius 3 is 1.81 bits per heavy atom. The molecule has 0 unspecified atom stereocenters. The van der Waals surface area contributed by atoms with Gasteiger partial charge in [-0.05, 0) is 52.5 Å². The summed E-state index contributed by atoms with van der Waals surface area (Å²) < 4.78 is 145. The maximum Gasteiger partial charge on any atom is 0.0645 e. The molecule has 0 aliphatic carbocycles. The van der Waals surface area contributed by atoms with Crippen molar-refractivity contribution in [3.8, 4) is 27.9 Å². The van der Waals surface area contributed by atoms with Crippen molar-refractivity contribution >= 4 is 21.8 Å². The van der Waals surface area contributed by atoms with Crippen molar-refractivity contribution < 1.29 is 23.3 Å². The van der Waals surface area contributed by atoms with E-state index in [1.165, 1.54) is 28.8 Å². The largest absolute Gasteiger partial charge is 0.309 e. The molecule has 0 N–H and O–H groups in total. The first-order chi connectivity index (χ1) is 22.4. The van der Waals surface area contributed by atoms with Crippen LogP contribution in [0.4, 0.5) is 0 Å². The summed E-state index contributed by atoms with van der Waals surface area (Å²) in [6, 6.07) is -4.83. The highest BCUT2D eigenvalue weighted by atomic mass is 15.0. The van der Waals surface area contributed by atoms with Crippen molar-refractivity contribution in [3.63, 3.8) is 0 Å². The van der Waals surface area contributed by atoms with Gasteiger partial charge >= 0.3 is 0 Å². The van der Waals surface area contributed by atoms with Crippen molar-refractivity contribution in [3.05, 3.63) is 127 Å². The van der Waals surface area contributed by atoms with Gasteiger partial charge in [-0.3, -0.25) is 0 Å². The molecule has 0 radical (unpaired) electrons. The second-order valence-electron chi connectivity index (χ2n) is 6.58. The highest BCUT2D eigenvalue weighted by molar-refractivity contribution is 6.09. The molecule has 1 aromatic heterocycles. The number of hydrogen-bond acceptors (Lipinski definition) is 0. The van der Waals surface area contributed by atoms with Crippen LogP contribution in [0.25, 0.3) is 49.7 Å². The summed E-state index contributed by atoms with van der Waals surface area (Å²) in [5.41, 5.74) is -1.33. The number of nitrogens with zero attached hydrogens (tertiary/aromatic N) is 1. The fraction of sp³-hybridized carbons (Fsp3) is 0. The average molecular weight is 413 g/mol. The molecule has 6 aromatic rings. The number of benzene rings is 5. The van der Waals surface area contributed by atoms with E-state index in [0.29, 0.717) is 0 Å². The van der Waals surface area contributed by atoms with Crippen LogP contribution in [-0.2, 0) is 0 Å². The van der Waals surface area contributed by atoms with E-state index in [9.17, 15) is 0 Å². The fourth-order valence-electron chi connectivity index (χ4n) is 3.47. The summed E-state index contributed by atoms with van der Waals surface area (Å²) in [5.74, 6) is 0. The SMILES string of the molecule is [2H]c1c([2H])c([2H])c(-c2c([2H])c([2H])c([2H])c(-c3cccc(-n4c5c([2H])c([2H])c([2H])c([2H])c5c5c([2H])c([2H])c([2H])c([2H])c54)c3)c2[2H])c([2H])c1[2H]. The number of hydrogen-bond donors (Lipinski definition) is 0. The van der Waals surface area contributed by atoms with Crippen molar-refractivity contribution in [2.24, 2.45) is 0 Å². The molecule has 1 nitrogen and oxygen atoms in total. The van der Waals surface area contributed by atoms with Gasteiger partial charge in [0.1, 0.15) is 0 Å². The second kappa shape index (κ2) is 7.30. The molecule has 0 saturated carbocycles. The van der Waals surface area contributed by atoms with Gasteiger partial charge in [0.2, 0.25) is 0 Å². The molecule has 0 atom stereocenters. The van der Waals surface area contributed by atoms with E-state index in [1.54, 1.807) is 0 Å². The lowest BCUT2D eigenvalue weighted by molar-refractivity contribution is 1.18. The molecule has 0 aliphatic heterocycles. The Bertz CT molecular complexity index is 2320. The Balaban J connectivity index is 1.75. The van der Waals surface area contributed by atoms with Crippen LogP contribution < -0.4 is 0 Å². The van der Waals surface area contributed by atoms with Crippen molar-refractivity contribution in [1.29, 1.82) is 0 Å². The minimum Gasteiger partial charge on any atom is -0.309 e. The van der Waals surface area contributed by atoms with Crippen LogP contribution in [0.3, 0.4) is 0 Å². The van der Waals surface area contributed by atoms with E-state index in [1.807, 2.05) is 0 Å². The fourth-order valence-corrected chi connectivity index (χ4v) is 3.47. The van der Waals surface area contributed by atoms with E-state index in [4.69, 9.17) is 23.3 Å². The summed E-state index contributed by atoms with van der Waals surface area (Å²) in [6.45, 7) is 0. The molecule has 0 fully saturated rings. The third kappa shape index (κ3) is 3.03. The number of rotatable bonds is 3. The van der Waals surface area contributed by atoms with E-state index < -0.39 is 114 Å². The van der Waals surface area contributed by atoms with Gasteiger partial charge in [-0.25, -0.2) is 0 Å². The normalized spacial score (nSPS) is 18.9. The van der Waals surface area contributed by atoms with Crippen LogP contribution >= 0.6 is 0 Å². The summed E-state index contributed by atoms with van der Waals surface area (Å²) in [6.07, 6.45) is 0. The van der Waals surface area contributed by atoms with Crippen LogP contribution in [0.5, 0.6) is 0 Å². The van der Waals surface area contributed by atoms with Gasteiger partial charge in [-0.1, -0.05) is 96.7 Å². The quantitative estimate of drug-likeness (QED) is 0.276. The Kier molecular flexibility index (Phi) is 1.78. The van der Waals surface area contributed by atoms with E-state index in [0.717, 1.165) is 0 Å². The topological polar surface area (TPSA) is 4.93 Å². The van der Waals surface area contributed by atoms with Crippen LogP contribution in [-0.4, -0.2) is 4.57 Å². The zero-order valence-corrected chi connectivity index (χ0v) is 15.8. The van der Waals surface area contributed by atoms with Gasteiger partial charge in [0.05, 0.1) is 34.3 Å². The van der Waals surface area contributed by atoms with Crippen molar-refractivity contribution in [2.75, 3.05) is 0 Å². The highest BCUT2D eigenvalue weighted by Gasteiger charge is 2.12. The monoisotopic (exact) mass is 412 g/mol. The summed E-state index contributed by atoms with van der Waals surface area (Å²) in [4.78, 5) is 0. The number of para-hydroxylation sites is 2.